The Hall–Kier alpha value is -1.26. The molecule has 0 aromatic carbocycles. The molecule has 88 valence electrons. The van der Waals surface area contributed by atoms with Crippen molar-refractivity contribution in [2.75, 3.05) is 13.7 Å². The molecule has 0 saturated carbocycles. The van der Waals surface area contributed by atoms with E-state index in [1.54, 1.807) is 7.05 Å². The van der Waals surface area contributed by atoms with Gasteiger partial charge in [0.1, 0.15) is 0 Å². The normalized spacial score (nSPS) is 10.7. The van der Waals surface area contributed by atoms with E-state index in [4.69, 9.17) is 4.74 Å². The van der Waals surface area contributed by atoms with E-state index in [0.717, 1.165) is 0 Å². The molecule has 15 heavy (non-hydrogen) atoms. The van der Waals surface area contributed by atoms with Gasteiger partial charge in [-0.1, -0.05) is 0 Å². The van der Waals surface area contributed by atoms with E-state index in [1.165, 1.54) is 0 Å². The molecule has 0 rings (SSSR count). The third-order valence-electron chi connectivity index (χ3n) is 1.54. The number of ether oxygens (including phenoxy) is 1. The monoisotopic (exact) mass is 216 g/mol. The minimum atomic E-state index is -0.445. The summed E-state index contributed by atoms with van der Waals surface area (Å²) in [5.74, 6) is -0.0465. The summed E-state index contributed by atoms with van der Waals surface area (Å²) in [6.07, 6.45) is 0.468. The number of amides is 2. The van der Waals surface area contributed by atoms with E-state index in [-0.39, 0.29) is 18.1 Å². The van der Waals surface area contributed by atoms with E-state index in [0.29, 0.717) is 12.8 Å². The van der Waals surface area contributed by atoms with Gasteiger partial charge < -0.3 is 15.4 Å². The minimum Gasteiger partial charge on any atom is -0.450 e. The first-order chi connectivity index (χ1) is 6.85. The van der Waals surface area contributed by atoms with E-state index in [9.17, 15) is 9.59 Å². The average molecular weight is 216 g/mol. The Bertz CT molecular complexity index is 221. The highest BCUT2D eigenvalue weighted by Gasteiger charge is 2.14. The highest BCUT2D eigenvalue weighted by Crippen LogP contribution is 1.99. The van der Waals surface area contributed by atoms with Crippen LogP contribution >= 0.6 is 0 Å². The summed E-state index contributed by atoms with van der Waals surface area (Å²) in [5.41, 5.74) is -0.294. The van der Waals surface area contributed by atoms with Gasteiger partial charge in [0.05, 0.1) is 6.61 Å². The molecule has 0 bridgehead atoms. The van der Waals surface area contributed by atoms with Crippen LogP contribution in [0, 0.1) is 0 Å². The zero-order valence-electron chi connectivity index (χ0n) is 9.85. The zero-order chi connectivity index (χ0) is 11.9. The van der Waals surface area contributed by atoms with E-state index >= 15 is 0 Å². The largest absolute Gasteiger partial charge is 0.450 e. The second-order valence-electron chi connectivity index (χ2n) is 4.29. The third-order valence-corrected chi connectivity index (χ3v) is 1.54. The molecule has 5 heteroatoms. The molecule has 0 aliphatic heterocycles. The molecule has 0 aliphatic rings. The van der Waals surface area contributed by atoms with Crippen molar-refractivity contribution < 1.29 is 14.3 Å². The molecular formula is C10H20N2O3. The zero-order valence-corrected chi connectivity index (χ0v) is 9.85. The van der Waals surface area contributed by atoms with Crippen molar-refractivity contribution in [3.05, 3.63) is 0 Å². The van der Waals surface area contributed by atoms with Gasteiger partial charge in [-0.05, 0) is 27.2 Å². The smallest absolute Gasteiger partial charge is 0.407 e. The van der Waals surface area contributed by atoms with Crippen molar-refractivity contribution >= 4 is 12.0 Å². The summed E-state index contributed by atoms with van der Waals surface area (Å²) in [4.78, 5) is 22.0. The molecule has 0 atom stereocenters. The van der Waals surface area contributed by atoms with Crippen molar-refractivity contribution in [3.8, 4) is 0 Å². The average Bonchev–Trinajstić information content (AvgIpc) is 2.09. The van der Waals surface area contributed by atoms with Crippen LogP contribution in [0.2, 0.25) is 0 Å². The lowest BCUT2D eigenvalue weighted by atomic mass is 10.1. The van der Waals surface area contributed by atoms with Crippen molar-refractivity contribution in [1.29, 1.82) is 0 Å². The summed E-state index contributed by atoms with van der Waals surface area (Å²) < 4.78 is 4.88. The molecule has 0 saturated heterocycles. The van der Waals surface area contributed by atoms with Gasteiger partial charge in [-0.3, -0.25) is 4.79 Å². The number of nitrogens with one attached hydrogen (secondary N) is 2. The van der Waals surface area contributed by atoms with E-state index in [2.05, 4.69) is 10.6 Å². The molecule has 0 radical (unpaired) electrons. The summed E-state index contributed by atoms with van der Waals surface area (Å²) in [6, 6.07) is 0. The Morgan fingerprint density at radius 2 is 1.87 bits per heavy atom. The molecule has 0 heterocycles. The van der Waals surface area contributed by atoms with Crippen molar-refractivity contribution in [1.82, 2.24) is 10.6 Å². The lowest BCUT2D eigenvalue weighted by molar-refractivity contribution is -0.120. The number of hydrogen-bond acceptors (Lipinski definition) is 3. The van der Waals surface area contributed by atoms with Crippen LogP contribution in [-0.2, 0) is 9.53 Å². The maximum atomic E-state index is 11.1. The van der Waals surface area contributed by atoms with Gasteiger partial charge in [0.25, 0.3) is 0 Å². The molecule has 2 amide bonds. The first kappa shape index (κ1) is 13.7. The van der Waals surface area contributed by atoms with Crippen LogP contribution in [0.25, 0.3) is 0 Å². The Kier molecular flexibility index (Phi) is 5.74. The van der Waals surface area contributed by atoms with Crippen LogP contribution < -0.4 is 10.6 Å². The molecule has 0 unspecified atom stereocenters. The quantitative estimate of drug-likeness (QED) is 0.690. The van der Waals surface area contributed by atoms with Crippen LogP contribution in [0.5, 0.6) is 0 Å². The highest BCUT2D eigenvalue weighted by atomic mass is 16.5. The van der Waals surface area contributed by atoms with Gasteiger partial charge in [-0.2, -0.15) is 0 Å². The van der Waals surface area contributed by atoms with Crippen molar-refractivity contribution in [2.24, 2.45) is 0 Å². The second-order valence-corrected chi connectivity index (χ2v) is 4.29. The number of carbonyl (C=O) groups excluding carboxylic acids is 2. The minimum absolute atomic E-state index is 0.0465. The van der Waals surface area contributed by atoms with Crippen LogP contribution in [0.3, 0.4) is 0 Å². The van der Waals surface area contributed by atoms with Crippen LogP contribution in [-0.4, -0.2) is 31.2 Å². The molecule has 0 aromatic rings. The summed E-state index contributed by atoms with van der Waals surface area (Å²) >= 11 is 0. The predicted octanol–water partition coefficient (Wildman–Crippen LogP) is 1.04. The van der Waals surface area contributed by atoms with Gasteiger partial charge in [-0.15, -0.1) is 0 Å². The number of hydrogen-bond donors (Lipinski definition) is 2. The molecule has 0 fully saturated rings. The standard InChI is InChI=1S/C10H20N2O3/c1-10(2,3)12-9(14)15-7-5-6-8(13)11-4/h5-7H2,1-4H3,(H,11,13)(H,12,14). The topological polar surface area (TPSA) is 67.4 Å². The van der Waals surface area contributed by atoms with Crippen LogP contribution in [0.4, 0.5) is 4.79 Å². The summed E-state index contributed by atoms with van der Waals surface area (Å²) in [7, 11) is 1.58. The summed E-state index contributed by atoms with van der Waals surface area (Å²) in [6.45, 7) is 5.88. The molecule has 0 spiro atoms. The highest BCUT2D eigenvalue weighted by molar-refractivity contribution is 5.75. The van der Waals surface area contributed by atoms with Gasteiger partial charge in [-0.25, -0.2) is 4.79 Å². The number of carbonyl (C=O) groups is 2. The fourth-order valence-electron chi connectivity index (χ4n) is 0.865. The number of rotatable bonds is 4. The van der Waals surface area contributed by atoms with Gasteiger partial charge in [0.15, 0.2) is 0 Å². The maximum Gasteiger partial charge on any atom is 0.407 e. The first-order valence-corrected chi connectivity index (χ1v) is 5.00. The van der Waals surface area contributed by atoms with Crippen molar-refractivity contribution in [2.45, 2.75) is 39.2 Å². The fraction of sp³-hybridized carbons (Fsp3) is 0.800. The Morgan fingerprint density at radius 3 is 2.33 bits per heavy atom. The van der Waals surface area contributed by atoms with Crippen molar-refractivity contribution in [3.63, 3.8) is 0 Å². The Labute approximate surface area is 90.6 Å². The Morgan fingerprint density at radius 1 is 1.27 bits per heavy atom. The molecule has 5 nitrogen and oxygen atoms in total. The van der Waals surface area contributed by atoms with E-state index < -0.39 is 6.09 Å². The SMILES string of the molecule is CNC(=O)CCCOC(=O)NC(C)(C)C. The lowest BCUT2D eigenvalue weighted by Gasteiger charge is -2.19. The maximum absolute atomic E-state index is 11.1. The molecule has 0 aliphatic carbocycles. The van der Waals surface area contributed by atoms with E-state index in [1.807, 2.05) is 20.8 Å². The van der Waals surface area contributed by atoms with Crippen LogP contribution in [0.15, 0.2) is 0 Å². The van der Waals surface area contributed by atoms with Gasteiger partial charge in [0.2, 0.25) is 5.91 Å². The lowest BCUT2D eigenvalue weighted by Crippen LogP contribution is -2.41. The first-order valence-electron chi connectivity index (χ1n) is 5.00. The number of alkyl carbamates (subject to hydrolysis) is 1. The predicted molar refractivity (Wildman–Crippen MR) is 57.5 cm³/mol. The molecule has 2 N–H and O–H groups in total. The third kappa shape index (κ3) is 9.05. The summed E-state index contributed by atoms with van der Waals surface area (Å²) in [5, 5.41) is 5.16. The molecule has 0 aromatic heterocycles. The van der Waals surface area contributed by atoms with Gasteiger partial charge >= 0.3 is 6.09 Å². The second kappa shape index (κ2) is 6.27. The van der Waals surface area contributed by atoms with Crippen LogP contribution in [0.1, 0.15) is 33.6 Å². The molecular weight excluding hydrogens is 196 g/mol. The Balaban J connectivity index is 3.52. The van der Waals surface area contributed by atoms with Gasteiger partial charge in [0, 0.05) is 19.0 Å². The fourth-order valence-corrected chi connectivity index (χ4v) is 0.865.